The fourth-order valence-corrected chi connectivity index (χ4v) is 4.81. The Bertz CT molecular complexity index is 258. The van der Waals surface area contributed by atoms with Gasteiger partial charge in [0.1, 0.15) is 0 Å². The summed E-state index contributed by atoms with van der Waals surface area (Å²) in [5.74, 6) is 2.39. The highest BCUT2D eigenvalue weighted by atomic mass is 35.5. The Morgan fingerprint density at radius 3 is 2.39 bits per heavy atom. The van der Waals surface area contributed by atoms with Crippen molar-refractivity contribution in [3.05, 3.63) is 0 Å². The zero-order valence-corrected chi connectivity index (χ0v) is 13.0. The molecule has 3 unspecified atom stereocenters. The second-order valence-electron chi connectivity index (χ2n) is 7.29. The van der Waals surface area contributed by atoms with E-state index in [0.717, 1.165) is 25.0 Å². The highest BCUT2D eigenvalue weighted by molar-refractivity contribution is 6.20. The molecule has 2 aliphatic rings. The van der Waals surface area contributed by atoms with Crippen LogP contribution < -0.4 is 0 Å². The predicted octanol–water partition coefficient (Wildman–Crippen LogP) is 4.87. The van der Waals surface area contributed by atoms with Gasteiger partial charge < -0.3 is 4.74 Å². The molecule has 2 fully saturated rings. The Labute approximate surface area is 118 Å². The van der Waals surface area contributed by atoms with Crippen molar-refractivity contribution in [2.75, 3.05) is 13.2 Å². The maximum absolute atomic E-state index is 6.66. The van der Waals surface area contributed by atoms with E-state index in [4.69, 9.17) is 16.3 Å². The van der Waals surface area contributed by atoms with Crippen LogP contribution in [0.3, 0.4) is 0 Å². The molecule has 1 heterocycles. The van der Waals surface area contributed by atoms with Crippen LogP contribution in [0, 0.1) is 23.2 Å². The van der Waals surface area contributed by atoms with Gasteiger partial charge in [-0.2, -0.15) is 0 Å². The summed E-state index contributed by atoms with van der Waals surface area (Å²) >= 11 is 6.66. The van der Waals surface area contributed by atoms with Crippen LogP contribution in [0.25, 0.3) is 0 Å². The van der Waals surface area contributed by atoms with Crippen molar-refractivity contribution in [2.45, 2.75) is 64.7 Å². The minimum Gasteiger partial charge on any atom is -0.381 e. The summed E-state index contributed by atoms with van der Waals surface area (Å²) < 4.78 is 5.47. The molecule has 1 saturated carbocycles. The quantitative estimate of drug-likeness (QED) is 0.666. The molecule has 1 nitrogen and oxygen atoms in total. The van der Waals surface area contributed by atoms with E-state index in [9.17, 15) is 0 Å². The molecule has 1 saturated heterocycles. The summed E-state index contributed by atoms with van der Waals surface area (Å²) in [6.45, 7) is 9.16. The van der Waals surface area contributed by atoms with Gasteiger partial charge in [0, 0.05) is 18.6 Å². The third-order valence-corrected chi connectivity index (χ3v) is 5.68. The summed E-state index contributed by atoms with van der Waals surface area (Å²) in [4.78, 5) is 0. The van der Waals surface area contributed by atoms with Crippen LogP contribution in [0.2, 0.25) is 0 Å². The molecule has 0 aromatic heterocycles. The zero-order valence-electron chi connectivity index (χ0n) is 12.3. The summed E-state index contributed by atoms with van der Waals surface area (Å²) in [5.41, 5.74) is 0.397. The van der Waals surface area contributed by atoms with Gasteiger partial charge in [-0.05, 0) is 55.3 Å². The first-order valence-corrected chi connectivity index (χ1v) is 8.14. The largest absolute Gasteiger partial charge is 0.381 e. The molecule has 106 valence electrons. The predicted molar refractivity (Wildman–Crippen MR) is 78.1 cm³/mol. The smallest absolute Gasteiger partial charge is 0.0468 e. The molecule has 2 heteroatoms. The van der Waals surface area contributed by atoms with Gasteiger partial charge in [0.05, 0.1) is 0 Å². The highest BCUT2D eigenvalue weighted by Crippen LogP contribution is 2.46. The van der Waals surface area contributed by atoms with E-state index in [2.05, 4.69) is 20.8 Å². The van der Waals surface area contributed by atoms with Crippen LogP contribution in [-0.4, -0.2) is 18.6 Å². The Morgan fingerprint density at radius 2 is 1.78 bits per heavy atom. The maximum atomic E-state index is 6.66. The number of hydrogen-bond donors (Lipinski definition) is 0. The van der Waals surface area contributed by atoms with E-state index >= 15 is 0 Å². The lowest BCUT2D eigenvalue weighted by Crippen LogP contribution is -2.37. The Kier molecular flexibility index (Phi) is 4.99. The number of hydrogen-bond acceptors (Lipinski definition) is 1. The molecule has 0 bridgehead atoms. The molecule has 0 amide bonds. The SMILES string of the molecule is CC1CCC(C(C)(C)CC2CCOCC2)C(Cl)C1. The summed E-state index contributed by atoms with van der Waals surface area (Å²) in [5, 5.41) is 0.392. The number of alkyl halides is 1. The minimum atomic E-state index is 0.392. The van der Waals surface area contributed by atoms with Gasteiger partial charge in [0.25, 0.3) is 0 Å². The van der Waals surface area contributed by atoms with E-state index in [1.54, 1.807) is 0 Å². The van der Waals surface area contributed by atoms with Gasteiger partial charge in [-0.15, -0.1) is 11.6 Å². The first kappa shape index (κ1) is 14.7. The van der Waals surface area contributed by atoms with Gasteiger partial charge in [0.2, 0.25) is 0 Å². The average molecular weight is 273 g/mol. The summed E-state index contributed by atoms with van der Waals surface area (Å²) in [6.07, 6.45) is 7.73. The highest BCUT2D eigenvalue weighted by Gasteiger charge is 2.39. The molecule has 0 aromatic carbocycles. The standard InChI is InChI=1S/C16H29ClO/c1-12-4-5-14(15(17)10-12)16(2,3)11-13-6-8-18-9-7-13/h12-15H,4-11H2,1-3H3. The van der Waals surface area contributed by atoms with Crippen LogP contribution in [0.1, 0.15) is 59.3 Å². The van der Waals surface area contributed by atoms with Crippen molar-refractivity contribution in [3.8, 4) is 0 Å². The second-order valence-corrected chi connectivity index (χ2v) is 7.85. The first-order valence-electron chi connectivity index (χ1n) is 7.71. The third-order valence-electron chi connectivity index (χ3n) is 5.19. The van der Waals surface area contributed by atoms with Crippen molar-refractivity contribution in [3.63, 3.8) is 0 Å². The Morgan fingerprint density at radius 1 is 1.11 bits per heavy atom. The van der Waals surface area contributed by atoms with Crippen molar-refractivity contribution >= 4 is 11.6 Å². The van der Waals surface area contributed by atoms with Gasteiger partial charge in [-0.1, -0.05) is 27.2 Å². The molecule has 2 rings (SSSR count). The monoisotopic (exact) mass is 272 g/mol. The van der Waals surface area contributed by atoms with Gasteiger partial charge in [-0.3, -0.25) is 0 Å². The first-order chi connectivity index (χ1) is 8.49. The molecule has 0 radical (unpaired) electrons. The van der Waals surface area contributed by atoms with Crippen LogP contribution in [0.4, 0.5) is 0 Å². The van der Waals surface area contributed by atoms with E-state index in [1.807, 2.05) is 0 Å². The van der Waals surface area contributed by atoms with Gasteiger partial charge in [0.15, 0.2) is 0 Å². The Hall–Kier alpha value is 0.250. The summed E-state index contributed by atoms with van der Waals surface area (Å²) in [6, 6.07) is 0. The van der Waals surface area contributed by atoms with Gasteiger partial charge in [-0.25, -0.2) is 0 Å². The van der Waals surface area contributed by atoms with E-state index in [1.165, 1.54) is 38.5 Å². The van der Waals surface area contributed by atoms with Crippen LogP contribution in [0.5, 0.6) is 0 Å². The number of rotatable bonds is 3. The number of ether oxygens (including phenoxy) is 1. The molecule has 18 heavy (non-hydrogen) atoms. The van der Waals surface area contributed by atoms with Crippen molar-refractivity contribution in [2.24, 2.45) is 23.2 Å². The topological polar surface area (TPSA) is 9.23 Å². The minimum absolute atomic E-state index is 0.392. The maximum Gasteiger partial charge on any atom is 0.0468 e. The average Bonchev–Trinajstić information content (AvgIpc) is 2.29. The summed E-state index contributed by atoms with van der Waals surface area (Å²) in [7, 11) is 0. The molecular weight excluding hydrogens is 244 g/mol. The Balaban J connectivity index is 1.92. The molecule has 0 aromatic rings. The van der Waals surface area contributed by atoms with Crippen LogP contribution >= 0.6 is 11.6 Å². The second kappa shape index (κ2) is 6.13. The third kappa shape index (κ3) is 3.63. The van der Waals surface area contributed by atoms with Crippen molar-refractivity contribution < 1.29 is 4.74 Å². The van der Waals surface area contributed by atoms with E-state index in [0.29, 0.717) is 16.7 Å². The lowest BCUT2D eigenvalue weighted by atomic mass is 9.65. The number of halogens is 1. The molecule has 3 atom stereocenters. The van der Waals surface area contributed by atoms with Crippen LogP contribution in [-0.2, 0) is 4.74 Å². The van der Waals surface area contributed by atoms with Gasteiger partial charge >= 0.3 is 0 Å². The molecule has 0 spiro atoms. The van der Waals surface area contributed by atoms with E-state index < -0.39 is 0 Å². The fourth-order valence-electron chi connectivity index (χ4n) is 4.04. The zero-order chi connectivity index (χ0) is 13.2. The molecule has 1 aliphatic heterocycles. The normalized spacial score (nSPS) is 35.7. The van der Waals surface area contributed by atoms with Crippen molar-refractivity contribution in [1.82, 2.24) is 0 Å². The van der Waals surface area contributed by atoms with Crippen molar-refractivity contribution in [1.29, 1.82) is 0 Å². The molecule has 1 aliphatic carbocycles. The lowest BCUT2D eigenvalue weighted by Gasteiger charge is -2.44. The lowest BCUT2D eigenvalue weighted by molar-refractivity contribution is 0.0342. The molecular formula is C16H29ClO. The molecule has 0 N–H and O–H groups in total. The fraction of sp³-hybridized carbons (Fsp3) is 1.00. The van der Waals surface area contributed by atoms with E-state index in [-0.39, 0.29) is 0 Å². The van der Waals surface area contributed by atoms with Crippen LogP contribution in [0.15, 0.2) is 0 Å².